The number of hydrogen-bond donors (Lipinski definition) is 3. The van der Waals surface area contributed by atoms with Crippen LogP contribution in [0.2, 0.25) is 0 Å². The van der Waals surface area contributed by atoms with Crippen LogP contribution in [0.25, 0.3) is 0 Å². The number of benzene rings is 2. The number of hydrogen-bond acceptors (Lipinski definition) is 6. The quantitative estimate of drug-likeness (QED) is 0.423. The zero-order chi connectivity index (χ0) is 26.0. The van der Waals surface area contributed by atoms with Gasteiger partial charge in [0, 0.05) is 25.0 Å². The normalized spacial score (nSPS) is 14.8. The smallest absolute Gasteiger partial charge is 0.379 e. The highest BCUT2D eigenvalue weighted by Gasteiger charge is 2.33. The summed E-state index contributed by atoms with van der Waals surface area (Å²) in [6.07, 6.45) is 0.0277. The molecular formula is C25H26F3N5O3. The second kappa shape index (κ2) is 12.6. The fraction of sp³-hybridized carbons (Fsp3) is 0.280. The van der Waals surface area contributed by atoms with Gasteiger partial charge in [0.05, 0.1) is 35.2 Å². The van der Waals surface area contributed by atoms with Gasteiger partial charge in [-0.25, -0.2) is 9.97 Å². The third kappa shape index (κ3) is 7.77. The molecule has 1 aliphatic rings. The average Bonchev–Trinajstić information content (AvgIpc) is 3.37. The topological polar surface area (TPSA) is 105 Å². The van der Waals surface area contributed by atoms with Crippen LogP contribution in [0.3, 0.4) is 0 Å². The molecule has 1 fully saturated rings. The zero-order valence-corrected chi connectivity index (χ0v) is 19.5. The number of aryl methyl sites for hydroxylation is 1. The van der Waals surface area contributed by atoms with Gasteiger partial charge in [-0.1, -0.05) is 24.3 Å². The third-order valence-electron chi connectivity index (χ3n) is 5.28. The van der Waals surface area contributed by atoms with E-state index in [1.807, 2.05) is 0 Å². The first-order chi connectivity index (χ1) is 17.3. The summed E-state index contributed by atoms with van der Waals surface area (Å²) < 4.78 is 43.8. The lowest BCUT2D eigenvalue weighted by atomic mass is 10.1. The number of nitrogens with one attached hydrogen (secondary N) is 3. The first kappa shape index (κ1) is 26.6. The van der Waals surface area contributed by atoms with Crippen molar-refractivity contribution >= 4 is 23.7 Å². The molecule has 1 unspecified atom stereocenters. The lowest BCUT2D eigenvalue weighted by molar-refractivity contribution is -0.136. The highest BCUT2D eigenvalue weighted by molar-refractivity contribution is 5.95. The van der Waals surface area contributed by atoms with Gasteiger partial charge in [0.2, 0.25) is 6.41 Å². The zero-order valence-electron chi connectivity index (χ0n) is 19.5. The van der Waals surface area contributed by atoms with E-state index in [1.165, 1.54) is 24.7 Å². The minimum Gasteiger partial charge on any atom is -0.379 e. The number of nitrogens with zero attached hydrogens (tertiary/aromatic N) is 2. The van der Waals surface area contributed by atoms with Crippen LogP contribution >= 0.6 is 0 Å². The van der Waals surface area contributed by atoms with Gasteiger partial charge in [0.15, 0.2) is 0 Å². The summed E-state index contributed by atoms with van der Waals surface area (Å²) in [6, 6.07) is 12.2. The summed E-state index contributed by atoms with van der Waals surface area (Å²) in [5.41, 5.74) is 1.92. The van der Waals surface area contributed by atoms with E-state index >= 15 is 0 Å². The molecule has 0 saturated carbocycles. The number of anilines is 2. The fourth-order valence-electron chi connectivity index (χ4n) is 3.39. The van der Waals surface area contributed by atoms with Crippen LogP contribution in [0.4, 0.5) is 24.5 Å². The number of amides is 2. The number of ether oxygens (including phenoxy) is 1. The number of halogens is 3. The molecule has 4 rings (SSSR count). The highest BCUT2D eigenvalue weighted by Crippen LogP contribution is 2.35. The molecule has 11 heteroatoms. The molecule has 0 aliphatic carbocycles. The van der Waals surface area contributed by atoms with Crippen molar-refractivity contribution in [3.63, 3.8) is 0 Å². The highest BCUT2D eigenvalue weighted by atomic mass is 19.4. The number of carbonyl (C=O) groups excluding carboxylic acids is 2. The maximum absolute atomic E-state index is 12.9. The second-order valence-corrected chi connectivity index (χ2v) is 7.92. The number of rotatable bonds is 7. The number of alkyl halides is 3. The fourth-order valence-corrected chi connectivity index (χ4v) is 3.39. The number of aromatic nitrogens is 2. The van der Waals surface area contributed by atoms with E-state index in [1.54, 1.807) is 37.3 Å². The minimum absolute atomic E-state index is 0.00349. The van der Waals surface area contributed by atoms with Gasteiger partial charge in [0.1, 0.15) is 6.33 Å². The minimum atomic E-state index is -4.41. The number of para-hydroxylation sites is 1. The Balaban J connectivity index is 0.000000212. The maximum atomic E-state index is 12.9. The molecule has 0 spiro atoms. The monoisotopic (exact) mass is 501 g/mol. The van der Waals surface area contributed by atoms with Gasteiger partial charge in [-0.15, -0.1) is 0 Å². The van der Waals surface area contributed by atoms with Gasteiger partial charge in [-0.3, -0.25) is 9.59 Å². The predicted octanol–water partition coefficient (Wildman–Crippen LogP) is 4.00. The van der Waals surface area contributed by atoms with Crippen LogP contribution < -0.4 is 16.0 Å². The Morgan fingerprint density at radius 2 is 1.92 bits per heavy atom. The molecule has 3 N–H and O–H groups in total. The Labute approximate surface area is 206 Å². The molecule has 2 heterocycles. The van der Waals surface area contributed by atoms with Gasteiger partial charge in [-0.05, 0) is 43.2 Å². The van der Waals surface area contributed by atoms with Crippen LogP contribution in [0.15, 0.2) is 61.1 Å². The van der Waals surface area contributed by atoms with E-state index in [4.69, 9.17) is 4.74 Å². The molecule has 1 atom stereocenters. The van der Waals surface area contributed by atoms with Crippen LogP contribution in [-0.4, -0.2) is 41.5 Å². The largest absolute Gasteiger partial charge is 0.418 e. The Morgan fingerprint density at radius 1 is 1.17 bits per heavy atom. The Morgan fingerprint density at radius 3 is 2.56 bits per heavy atom. The first-order valence-corrected chi connectivity index (χ1v) is 11.1. The van der Waals surface area contributed by atoms with E-state index in [9.17, 15) is 22.8 Å². The molecule has 2 aromatic carbocycles. The van der Waals surface area contributed by atoms with Crippen LogP contribution in [0, 0.1) is 6.92 Å². The van der Waals surface area contributed by atoms with Crippen molar-refractivity contribution in [1.82, 2.24) is 20.6 Å². The molecule has 36 heavy (non-hydrogen) atoms. The summed E-state index contributed by atoms with van der Waals surface area (Å²) in [5.74, 6) is -0.122. The van der Waals surface area contributed by atoms with Crippen LogP contribution in [-0.2, 0) is 22.3 Å². The predicted molar refractivity (Wildman–Crippen MR) is 128 cm³/mol. The molecule has 1 aromatic heterocycles. The van der Waals surface area contributed by atoms with Crippen molar-refractivity contribution in [2.75, 3.05) is 18.5 Å². The molecule has 190 valence electrons. The van der Waals surface area contributed by atoms with Gasteiger partial charge < -0.3 is 20.7 Å². The van der Waals surface area contributed by atoms with Gasteiger partial charge >= 0.3 is 6.18 Å². The summed E-state index contributed by atoms with van der Waals surface area (Å²) in [6.45, 7) is 3.48. The van der Waals surface area contributed by atoms with E-state index in [0.29, 0.717) is 36.5 Å². The summed E-state index contributed by atoms with van der Waals surface area (Å²) in [5, 5.41) is 8.16. The van der Waals surface area contributed by atoms with E-state index in [2.05, 4.69) is 25.9 Å². The van der Waals surface area contributed by atoms with Crippen molar-refractivity contribution in [3.8, 4) is 0 Å². The van der Waals surface area contributed by atoms with Crippen molar-refractivity contribution < 1.29 is 27.5 Å². The van der Waals surface area contributed by atoms with Crippen molar-refractivity contribution in [3.05, 3.63) is 83.4 Å². The summed E-state index contributed by atoms with van der Waals surface area (Å²) in [4.78, 5) is 29.8. The van der Waals surface area contributed by atoms with Crippen molar-refractivity contribution in [1.29, 1.82) is 0 Å². The van der Waals surface area contributed by atoms with Crippen LogP contribution in [0.1, 0.15) is 33.6 Å². The molecular weight excluding hydrogens is 475 g/mol. The van der Waals surface area contributed by atoms with Gasteiger partial charge in [0.25, 0.3) is 5.91 Å². The molecule has 8 nitrogen and oxygen atoms in total. The van der Waals surface area contributed by atoms with Gasteiger partial charge in [-0.2, -0.15) is 13.2 Å². The van der Waals surface area contributed by atoms with Crippen molar-refractivity contribution in [2.45, 2.75) is 32.1 Å². The maximum Gasteiger partial charge on any atom is 0.418 e. The van der Waals surface area contributed by atoms with Crippen molar-refractivity contribution in [2.24, 2.45) is 0 Å². The standard InChI is InChI=1S/C15H13F3N2O.C10H13N3O2/c16-15(17,18)13-3-1-2-4-14(13)20-12-7-5-11(6-8-12)9-19-10-21;1-7-9(4-11-6-12-7)10(14)13-8-2-3-15-5-8/h1-8,10,20H,9H2,(H,19,21);4,6,8H,2-3,5H2,1H3,(H,13,14). The molecule has 0 radical (unpaired) electrons. The first-order valence-electron chi connectivity index (χ1n) is 11.1. The average molecular weight is 502 g/mol. The summed E-state index contributed by atoms with van der Waals surface area (Å²) in [7, 11) is 0. The Hall–Kier alpha value is -3.99. The van der Waals surface area contributed by atoms with E-state index in [-0.39, 0.29) is 17.6 Å². The Bertz CT molecular complexity index is 1150. The molecule has 0 bridgehead atoms. The van der Waals surface area contributed by atoms with E-state index < -0.39 is 11.7 Å². The SMILES string of the molecule is Cc1ncncc1C(=O)NC1CCOC1.O=CNCc1ccc(Nc2ccccc2C(F)(F)F)cc1. The molecule has 3 aromatic rings. The summed E-state index contributed by atoms with van der Waals surface area (Å²) >= 11 is 0. The lowest BCUT2D eigenvalue weighted by Crippen LogP contribution is -2.35. The Kier molecular flexibility index (Phi) is 9.34. The lowest BCUT2D eigenvalue weighted by Gasteiger charge is -2.14. The third-order valence-corrected chi connectivity index (χ3v) is 5.28. The molecule has 2 amide bonds. The molecule has 1 saturated heterocycles. The number of carbonyl (C=O) groups is 2. The molecule has 1 aliphatic heterocycles. The second-order valence-electron chi connectivity index (χ2n) is 7.92. The van der Waals surface area contributed by atoms with E-state index in [0.717, 1.165) is 24.7 Å². The van der Waals surface area contributed by atoms with Crippen LogP contribution in [0.5, 0.6) is 0 Å².